The molecular formula is C24H36FN7O3S. The quantitative estimate of drug-likeness (QED) is 0.492. The number of rotatable bonds is 10. The van der Waals surface area contributed by atoms with Gasteiger partial charge in [-0.1, -0.05) is 30.4 Å². The third-order valence-corrected chi connectivity index (χ3v) is 9.30. The second kappa shape index (κ2) is 12.1. The number of carbonyl (C=O) groups is 1. The fourth-order valence-electron chi connectivity index (χ4n) is 5.36. The number of carbonyl (C=O) groups excluding carboxylic acids is 1. The SMILES string of the molecule is C[C@H](CN(c1cccc(F)c1)S(=O)(=O)CC1CCCCC1)N1CCC(CC(=O)Nc2nn[nH]n2)CC1. The number of piperidine rings is 1. The Balaban J connectivity index is 1.36. The number of anilines is 2. The zero-order valence-corrected chi connectivity index (χ0v) is 21.6. The van der Waals surface area contributed by atoms with Crippen LogP contribution in [0.3, 0.4) is 0 Å². The van der Waals surface area contributed by atoms with Crippen molar-refractivity contribution in [3.63, 3.8) is 0 Å². The molecule has 2 fully saturated rings. The number of H-pyrrole nitrogens is 1. The van der Waals surface area contributed by atoms with Crippen molar-refractivity contribution in [3.8, 4) is 0 Å². The van der Waals surface area contributed by atoms with E-state index in [1.54, 1.807) is 12.1 Å². The van der Waals surface area contributed by atoms with Crippen molar-refractivity contribution in [2.24, 2.45) is 11.8 Å². The molecule has 1 amide bonds. The number of halogens is 1. The van der Waals surface area contributed by atoms with Gasteiger partial charge in [0.25, 0.3) is 5.95 Å². The summed E-state index contributed by atoms with van der Waals surface area (Å²) in [7, 11) is -3.61. The summed E-state index contributed by atoms with van der Waals surface area (Å²) in [5, 5.41) is 15.8. The Kier molecular flexibility index (Phi) is 8.89. The number of nitrogens with zero attached hydrogens (tertiary/aromatic N) is 5. The van der Waals surface area contributed by atoms with Crippen molar-refractivity contribution in [1.82, 2.24) is 25.5 Å². The van der Waals surface area contributed by atoms with E-state index in [1.165, 1.54) is 16.4 Å². The van der Waals surface area contributed by atoms with E-state index in [9.17, 15) is 17.6 Å². The topological polar surface area (TPSA) is 124 Å². The summed E-state index contributed by atoms with van der Waals surface area (Å²) in [5.74, 6) is 0.0670. The van der Waals surface area contributed by atoms with E-state index in [4.69, 9.17) is 0 Å². The maximum absolute atomic E-state index is 14.1. The highest BCUT2D eigenvalue weighted by atomic mass is 32.2. The van der Waals surface area contributed by atoms with Crippen molar-refractivity contribution in [1.29, 1.82) is 0 Å². The summed E-state index contributed by atoms with van der Waals surface area (Å²) >= 11 is 0. The van der Waals surface area contributed by atoms with Crippen LogP contribution < -0.4 is 9.62 Å². The molecule has 198 valence electrons. The number of aromatic nitrogens is 4. The molecule has 1 atom stereocenters. The van der Waals surface area contributed by atoms with Crippen molar-refractivity contribution in [2.45, 2.75) is 64.3 Å². The van der Waals surface area contributed by atoms with Crippen LogP contribution >= 0.6 is 0 Å². The standard InChI is InChI=1S/C24H36FN7O3S/c1-18(31-12-10-19(11-13-31)14-23(33)26-24-27-29-30-28-24)16-32(22-9-5-8-21(25)15-22)36(34,35)17-20-6-3-2-4-7-20/h5,8-9,15,18-20H,2-4,6-7,10-14,16-17H2,1H3,(H2,26,27,28,29,30,33)/t18-/m1/s1. The first-order chi connectivity index (χ1) is 17.3. The molecule has 2 heterocycles. The average molecular weight is 522 g/mol. The largest absolute Gasteiger partial charge is 0.299 e. The van der Waals surface area contributed by atoms with Gasteiger partial charge in [0, 0.05) is 19.0 Å². The Morgan fingerprint density at radius 3 is 2.61 bits per heavy atom. The molecule has 1 aromatic heterocycles. The zero-order valence-electron chi connectivity index (χ0n) is 20.8. The van der Waals surface area contributed by atoms with E-state index in [2.05, 4.69) is 30.8 Å². The summed E-state index contributed by atoms with van der Waals surface area (Å²) < 4.78 is 42.6. The monoisotopic (exact) mass is 521 g/mol. The van der Waals surface area contributed by atoms with Crippen LogP contribution in [0, 0.1) is 17.7 Å². The summed E-state index contributed by atoms with van der Waals surface area (Å²) in [6, 6.07) is 5.81. The third kappa shape index (κ3) is 7.22. The van der Waals surface area contributed by atoms with Crippen LogP contribution in [0.15, 0.2) is 24.3 Å². The van der Waals surface area contributed by atoms with Gasteiger partial charge in [-0.3, -0.25) is 19.3 Å². The van der Waals surface area contributed by atoms with Gasteiger partial charge in [0.15, 0.2) is 0 Å². The van der Waals surface area contributed by atoms with Crippen LogP contribution in [0.5, 0.6) is 0 Å². The van der Waals surface area contributed by atoms with E-state index >= 15 is 0 Å². The second-order valence-corrected chi connectivity index (χ2v) is 12.0. The molecule has 4 rings (SSSR count). The number of sulfonamides is 1. The normalized spacial score (nSPS) is 19.2. The number of aromatic amines is 1. The van der Waals surface area contributed by atoms with E-state index in [0.29, 0.717) is 12.1 Å². The van der Waals surface area contributed by atoms with Crippen LogP contribution in [0.1, 0.15) is 58.3 Å². The van der Waals surface area contributed by atoms with Gasteiger partial charge >= 0.3 is 0 Å². The fraction of sp³-hybridized carbons (Fsp3) is 0.667. The molecular weight excluding hydrogens is 485 g/mol. The molecule has 0 bridgehead atoms. The molecule has 12 heteroatoms. The predicted molar refractivity (Wildman–Crippen MR) is 135 cm³/mol. The van der Waals surface area contributed by atoms with Crippen LogP contribution in [-0.4, -0.2) is 71.3 Å². The van der Waals surface area contributed by atoms with Gasteiger partial charge in [-0.25, -0.2) is 12.8 Å². The minimum Gasteiger partial charge on any atom is -0.299 e. The Bertz CT molecular complexity index is 1080. The van der Waals surface area contributed by atoms with Crippen LogP contribution in [0.2, 0.25) is 0 Å². The Morgan fingerprint density at radius 2 is 1.94 bits per heavy atom. The summed E-state index contributed by atoms with van der Waals surface area (Å²) in [6.45, 7) is 3.81. The molecule has 1 saturated carbocycles. The zero-order chi connectivity index (χ0) is 25.5. The van der Waals surface area contributed by atoms with Gasteiger partial charge in [-0.15, -0.1) is 5.10 Å². The molecule has 1 aliphatic carbocycles. The average Bonchev–Trinajstić information content (AvgIpc) is 3.36. The van der Waals surface area contributed by atoms with Gasteiger partial charge in [-0.2, -0.15) is 5.21 Å². The maximum Gasteiger partial charge on any atom is 0.269 e. The lowest BCUT2D eigenvalue weighted by Gasteiger charge is -2.38. The molecule has 2 N–H and O–H groups in total. The molecule has 0 spiro atoms. The van der Waals surface area contributed by atoms with Crippen molar-refractivity contribution in [2.75, 3.05) is 35.0 Å². The Morgan fingerprint density at radius 1 is 1.19 bits per heavy atom. The molecule has 1 aromatic carbocycles. The van der Waals surface area contributed by atoms with Gasteiger partial charge in [0.1, 0.15) is 5.82 Å². The lowest BCUT2D eigenvalue weighted by atomic mass is 9.91. The molecule has 2 aromatic rings. The Hall–Kier alpha value is -2.60. The number of nitrogens with one attached hydrogen (secondary N) is 2. The highest BCUT2D eigenvalue weighted by molar-refractivity contribution is 7.92. The first kappa shape index (κ1) is 26.5. The number of benzene rings is 1. The minimum absolute atomic E-state index is 0.0523. The molecule has 36 heavy (non-hydrogen) atoms. The maximum atomic E-state index is 14.1. The first-order valence-electron chi connectivity index (χ1n) is 12.8. The predicted octanol–water partition coefficient (Wildman–Crippen LogP) is 3.18. The summed E-state index contributed by atoms with van der Waals surface area (Å²) in [5.41, 5.74) is 0.380. The van der Waals surface area contributed by atoms with Crippen molar-refractivity contribution < 1.29 is 17.6 Å². The third-order valence-electron chi connectivity index (χ3n) is 7.38. The fourth-order valence-corrected chi connectivity index (χ4v) is 7.35. The smallest absolute Gasteiger partial charge is 0.269 e. The highest BCUT2D eigenvalue weighted by Crippen LogP contribution is 2.29. The number of hydrogen-bond acceptors (Lipinski definition) is 7. The van der Waals surface area contributed by atoms with Gasteiger partial charge < -0.3 is 0 Å². The first-order valence-corrected chi connectivity index (χ1v) is 14.4. The molecule has 0 unspecified atom stereocenters. The van der Waals surface area contributed by atoms with Crippen LogP contribution in [0.4, 0.5) is 16.0 Å². The van der Waals surface area contributed by atoms with Gasteiger partial charge in [0.05, 0.1) is 11.4 Å². The summed E-state index contributed by atoms with van der Waals surface area (Å²) in [4.78, 5) is 14.5. The van der Waals surface area contributed by atoms with E-state index in [1.807, 2.05) is 6.92 Å². The number of tetrazole rings is 1. The second-order valence-electron chi connectivity index (χ2n) is 10.1. The lowest BCUT2D eigenvalue weighted by Crippen LogP contribution is -2.48. The summed E-state index contributed by atoms with van der Waals surface area (Å²) in [6.07, 6.45) is 7.20. The number of likely N-dealkylation sites (tertiary alicyclic amines) is 1. The van der Waals surface area contributed by atoms with Crippen LogP contribution in [0.25, 0.3) is 0 Å². The Labute approximate surface area is 212 Å². The van der Waals surface area contributed by atoms with Gasteiger partial charge in [-0.05, 0) is 80.9 Å². The molecule has 1 aliphatic heterocycles. The molecule has 2 aliphatic rings. The van der Waals surface area contributed by atoms with E-state index < -0.39 is 15.8 Å². The number of hydrogen-bond donors (Lipinski definition) is 2. The molecule has 10 nitrogen and oxygen atoms in total. The molecule has 1 saturated heterocycles. The van der Waals surface area contributed by atoms with E-state index in [0.717, 1.165) is 58.0 Å². The van der Waals surface area contributed by atoms with E-state index in [-0.39, 0.29) is 42.0 Å². The lowest BCUT2D eigenvalue weighted by molar-refractivity contribution is -0.117. The highest BCUT2D eigenvalue weighted by Gasteiger charge is 2.32. The molecule has 0 radical (unpaired) electrons. The van der Waals surface area contributed by atoms with Gasteiger partial charge in [0.2, 0.25) is 15.9 Å². The van der Waals surface area contributed by atoms with Crippen molar-refractivity contribution in [3.05, 3.63) is 30.1 Å². The number of amides is 1. The minimum atomic E-state index is -3.61. The van der Waals surface area contributed by atoms with Crippen LogP contribution in [-0.2, 0) is 14.8 Å². The van der Waals surface area contributed by atoms with Crippen molar-refractivity contribution >= 4 is 27.6 Å².